The number of halogens is 1. The molecule has 2 heterocycles. The molecule has 0 amide bonds. The van der Waals surface area contributed by atoms with Gasteiger partial charge in [-0.15, -0.1) is 0 Å². The third-order valence-electron chi connectivity index (χ3n) is 5.24. The molecule has 2 aromatic carbocycles. The Balaban J connectivity index is 1.54. The lowest BCUT2D eigenvalue weighted by atomic mass is 10.1. The lowest BCUT2D eigenvalue weighted by Gasteiger charge is -2.23. The topological polar surface area (TPSA) is 75.2 Å². The molecule has 0 unspecified atom stereocenters. The predicted octanol–water partition coefficient (Wildman–Crippen LogP) is 4.99. The average Bonchev–Trinajstić information content (AvgIpc) is 2.80. The van der Waals surface area contributed by atoms with Gasteiger partial charge in [-0.05, 0) is 71.0 Å². The quantitative estimate of drug-likeness (QED) is 0.286. The fourth-order valence-electron chi connectivity index (χ4n) is 3.68. The van der Waals surface area contributed by atoms with Crippen LogP contribution in [0, 0.1) is 10.5 Å². The monoisotopic (exact) mass is 572 g/mol. The first-order valence-corrected chi connectivity index (χ1v) is 13.3. The van der Waals surface area contributed by atoms with Crippen molar-refractivity contribution in [3.05, 3.63) is 99.5 Å². The van der Waals surface area contributed by atoms with Crippen molar-refractivity contribution in [1.29, 1.82) is 0 Å². The molecule has 0 aliphatic carbocycles. The molecule has 0 spiro atoms. The predicted molar refractivity (Wildman–Crippen MR) is 141 cm³/mol. The van der Waals surface area contributed by atoms with E-state index in [1.165, 1.54) is 4.31 Å². The lowest BCUT2D eigenvalue weighted by molar-refractivity contribution is 0.416. The van der Waals surface area contributed by atoms with Crippen LogP contribution >= 0.6 is 22.6 Å². The third-order valence-corrected chi connectivity index (χ3v) is 7.71. The number of aromatic nitrogens is 2. The second-order valence-corrected chi connectivity index (χ2v) is 11.1. The first kappa shape index (κ1) is 23.6. The number of nitrogens with one attached hydrogen (secondary N) is 1. The minimum Gasteiger partial charge on any atom is -0.383 e. The van der Waals surface area contributed by atoms with Crippen LogP contribution in [0.25, 0.3) is 10.9 Å². The van der Waals surface area contributed by atoms with Crippen molar-refractivity contribution in [2.45, 2.75) is 19.2 Å². The first-order valence-electron chi connectivity index (χ1n) is 10.6. The zero-order valence-corrected chi connectivity index (χ0v) is 21.3. The highest BCUT2D eigenvalue weighted by Gasteiger charge is 2.23. The molecule has 0 fully saturated rings. The molecule has 1 N–H and O–H groups in total. The van der Waals surface area contributed by atoms with Crippen molar-refractivity contribution < 1.29 is 8.42 Å². The second-order valence-electron chi connectivity index (χ2n) is 7.84. The minimum absolute atomic E-state index is 0.0381. The molecular formula is C25H25IN4O2S. The number of hydrogen-bond acceptors (Lipinski definition) is 5. The number of hydrogen-bond donors (Lipinski definition) is 1. The van der Waals surface area contributed by atoms with Gasteiger partial charge in [0.2, 0.25) is 10.0 Å². The normalized spacial score (nSPS) is 11.7. The number of nitrogens with zero attached hydrogens (tertiary/aromatic N) is 3. The van der Waals surface area contributed by atoms with E-state index < -0.39 is 10.0 Å². The van der Waals surface area contributed by atoms with Crippen molar-refractivity contribution in [2.24, 2.45) is 0 Å². The molecule has 0 radical (unpaired) electrons. The molecule has 8 heteroatoms. The Kier molecular flexibility index (Phi) is 7.56. The molecule has 0 atom stereocenters. The summed E-state index contributed by atoms with van der Waals surface area (Å²) >= 11 is 2.29. The molecule has 0 saturated carbocycles. The molecule has 0 aliphatic rings. The van der Waals surface area contributed by atoms with Gasteiger partial charge in [0.05, 0.1) is 11.3 Å². The lowest BCUT2D eigenvalue weighted by Crippen LogP contribution is -2.35. The minimum atomic E-state index is -3.53. The van der Waals surface area contributed by atoms with Crippen LogP contribution in [-0.2, 0) is 22.3 Å². The van der Waals surface area contributed by atoms with Crippen LogP contribution in [0.4, 0.5) is 5.69 Å². The largest absolute Gasteiger partial charge is 0.383 e. The average molecular weight is 572 g/mol. The number of fused-ring (bicyclic) bond motifs is 1. The number of anilines is 1. The van der Waals surface area contributed by atoms with E-state index in [0.29, 0.717) is 13.1 Å². The summed E-state index contributed by atoms with van der Waals surface area (Å²) in [4.78, 5) is 8.74. The van der Waals surface area contributed by atoms with Gasteiger partial charge in [0.1, 0.15) is 0 Å². The maximum absolute atomic E-state index is 13.3. The van der Waals surface area contributed by atoms with Crippen molar-refractivity contribution in [2.75, 3.05) is 18.4 Å². The summed E-state index contributed by atoms with van der Waals surface area (Å²) < 4.78 is 29.3. The van der Waals surface area contributed by atoms with Crippen LogP contribution in [0.3, 0.4) is 0 Å². The summed E-state index contributed by atoms with van der Waals surface area (Å²) in [7, 11) is -3.53. The van der Waals surface area contributed by atoms with Gasteiger partial charge in [-0.2, -0.15) is 4.31 Å². The number of aryl methyl sites for hydroxylation is 1. The summed E-state index contributed by atoms with van der Waals surface area (Å²) in [6, 6.07) is 21.1. The highest BCUT2D eigenvalue weighted by molar-refractivity contribution is 14.1. The van der Waals surface area contributed by atoms with Gasteiger partial charge in [0.15, 0.2) is 0 Å². The summed E-state index contributed by atoms with van der Waals surface area (Å²) in [5.74, 6) is -0.0381. The molecule has 0 aliphatic heterocycles. The number of sulfonamides is 1. The molecule has 4 aromatic rings. The number of benzene rings is 2. The van der Waals surface area contributed by atoms with E-state index in [2.05, 4.69) is 43.9 Å². The standard InChI is InChI=1S/C25H25IN4O2S/c1-19-14-25(23-15-22(26)9-10-24(23)29-19)28-12-13-30(17-21-8-5-11-27-16-21)33(31,32)18-20-6-3-2-4-7-20/h2-11,14-16H,12-13,17-18H2,1H3,(H,28,29). The van der Waals surface area contributed by atoms with Crippen LogP contribution in [0.2, 0.25) is 0 Å². The highest BCUT2D eigenvalue weighted by atomic mass is 127. The Morgan fingerprint density at radius 2 is 1.79 bits per heavy atom. The van der Waals surface area contributed by atoms with Gasteiger partial charge in [0, 0.05) is 52.4 Å². The Bertz CT molecular complexity index is 1330. The zero-order chi connectivity index (χ0) is 23.3. The van der Waals surface area contributed by atoms with E-state index in [0.717, 1.165) is 37.0 Å². The van der Waals surface area contributed by atoms with E-state index in [1.54, 1.807) is 12.4 Å². The van der Waals surface area contributed by atoms with E-state index >= 15 is 0 Å². The van der Waals surface area contributed by atoms with Crippen molar-refractivity contribution in [1.82, 2.24) is 14.3 Å². The Morgan fingerprint density at radius 1 is 1.00 bits per heavy atom. The highest BCUT2D eigenvalue weighted by Crippen LogP contribution is 2.25. The molecule has 33 heavy (non-hydrogen) atoms. The fourth-order valence-corrected chi connectivity index (χ4v) is 5.68. The zero-order valence-electron chi connectivity index (χ0n) is 18.3. The van der Waals surface area contributed by atoms with Gasteiger partial charge in [-0.3, -0.25) is 9.97 Å². The molecule has 4 rings (SSSR count). The summed E-state index contributed by atoms with van der Waals surface area (Å²) in [6.07, 6.45) is 3.40. The molecule has 170 valence electrons. The van der Waals surface area contributed by atoms with Gasteiger partial charge >= 0.3 is 0 Å². The van der Waals surface area contributed by atoms with Gasteiger partial charge in [-0.25, -0.2) is 8.42 Å². The third kappa shape index (κ3) is 6.27. The maximum Gasteiger partial charge on any atom is 0.218 e. The number of pyridine rings is 2. The molecule has 0 saturated heterocycles. The fraction of sp³-hybridized carbons (Fsp3) is 0.200. The van der Waals surface area contributed by atoms with E-state index in [1.807, 2.05) is 67.6 Å². The van der Waals surface area contributed by atoms with Crippen LogP contribution in [-0.4, -0.2) is 35.8 Å². The maximum atomic E-state index is 13.3. The van der Waals surface area contributed by atoms with E-state index in [9.17, 15) is 8.42 Å². The Hall–Kier alpha value is -2.56. The molecular weight excluding hydrogens is 547 g/mol. The Morgan fingerprint density at radius 3 is 2.55 bits per heavy atom. The summed E-state index contributed by atoms with van der Waals surface area (Å²) in [5.41, 5.74) is 4.41. The van der Waals surface area contributed by atoms with E-state index in [-0.39, 0.29) is 12.3 Å². The van der Waals surface area contributed by atoms with Crippen molar-refractivity contribution in [3.8, 4) is 0 Å². The van der Waals surface area contributed by atoms with E-state index in [4.69, 9.17) is 0 Å². The van der Waals surface area contributed by atoms with Crippen LogP contribution in [0.5, 0.6) is 0 Å². The summed E-state index contributed by atoms with van der Waals surface area (Å²) in [5, 5.41) is 4.47. The van der Waals surface area contributed by atoms with Crippen LogP contribution in [0.15, 0.2) is 79.1 Å². The number of rotatable bonds is 9. The van der Waals surface area contributed by atoms with Gasteiger partial charge in [0.25, 0.3) is 0 Å². The van der Waals surface area contributed by atoms with Crippen molar-refractivity contribution >= 4 is 49.2 Å². The molecule has 2 aromatic heterocycles. The second kappa shape index (κ2) is 10.6. The smallest absolute Gasteiger partial charge is 0.218 e. The van der Waals surface area contributed by atoms with Gasteiger partial charge < -0.3 is 5.32 Å². The van der Waals surface area contributed by atoms with Crippen molar-refractivity contribution in [3.63, 3.8) is 0 Å². The van der Waals surface area contributed by atoms with Crippen LogP contribution in [0.1, 0.15) is 16.8 Å². The molecule has 6 nitrogen and oxygen atoms in total. The SMILES string of the molecule is Cc1cc(NCCN(Cc2cccnc2)S(=O)(=O)Cc2ccccc2)c2cc(I)ccc2n1. The van der Waals surface area contributed by atoms with Crippen LogP contribution < -0.4 is 5.32 Å². The van der Waals surface area contributed by atoms with Gasteiger partial charge in [-0.1, -0.05) is 36.4 Å². The first-order chi connectivity index (χ1) is 15.9. The Labute approximate surface area is 208 Å². The summed E-state index contributed by atoms with van der Waals surface area (Å²) in [6.45, 7) is 3.04. The molecule has 0 bridgehead atoms.